The fraction of sp³-hybridized carbons (Fsp3) is 0.0465. The number of nitrogens with zero attached hydrogens (tertiary/aromatic N) is 4. The number of benzene rings is 6. The molecule has 5 heteroatoms. The highest BCUT2D eigenvalue weighted by Crippen LogP contribution is 2.39. The minimum atomic E-state index is 0.577. The summed E-state index contributed by atoms with van der Waals surface area (Å²) in [4.78, 5) is 14.9. The molecule has 48 heavy (non-hydrogen) atoms. The average Bonchev–Trinajstić information content (AvgIpc) is 3.69. The number of furan rings is 1. The summed E-state index contributed by atoms with van der Waals surface area (Å²) in [6.07, 6.45) is 6.71. The molecule has 226 valence electrons. The minimum Gasteiger partial charge on any atom is -0.455 e. The number of aryl methyl sites for hydroxylation is 1. The van der Waals surface area contributed by atoms with Gasteiger partial charge < -0.3 is 8.98 Å². The third kappa shape index (κ3) is 4.21. The van der Waals surface area contributed by atoms with Crippen molar-refractivity contribution in [3.8, 4) is 39.9 Å². The van der Waals surface area contributed by atoms with Crippen molar-refractivity contribution < 1.29 is 4.42 Å². The molecule has 3 heterocycles. The van der Waals surface area contributed by atoms with Gasteiger partial charge in [0.2, 0.25) is 0 Å². The molecule has 0 radical (unpaired) electrons. The van der Waals surface area contributed by atoms with Crippen LogP contribution in [0.3, 0.4) is 0 Å². The third-order valence-electron chi connectivity index (χ3n) is 9.49. The molecule has 10 rings (SSSR count). The first-order valence-corrected chi connectivity index (χ1v) is 16.3. The van der Waals surface area contributed by atoms with E-state index in [1.54, 1.807) is 0 Å². The highest BCUT2D eigenvalue weighted by Gasteiger charge is 2.20. The lowest BCUT2D eigenvalue weighted by atomic mass is 9.95. The summed E-state index contributed by atoms with van der Waals surface area (Å²) in [6.45, 7) is 0. The van der Waals surface area contributed by atoms with E-state index in [-0.39, 0.29) is 0 Å². The molecule has 3 aromatic heterocycles. The van der Waals surface area contributed by atoms with Gasteiger partial charge in [0.1, 0.15) is 11.2 Å². The van der Waals surface area contributed by atoms with E-state index in [0.717, 1.165) is 57.2 Å². The summed E-state index contributed by atoms with van der Waals surface area (Å²) in [5.41, 5.74) is 10.4. The Kier molecular flexibility index (Phi) is 5.93. The number of aromatic nitrogens is 4. The molecule has 9 aromatic rings. The van der Waals surface area contributed by atoms with Gasteiger partial charge in [-0.1, -0.05) is 103 Å². The minimum absolute atomic E-state index is 0.577. The lowest BCUT2D eigenvalue weighted by molar-refractivity contribution is 0.669. The Hall–Kier alpha value is -6.33. The summed E-state index contributed by atoms with van der Waals surface area (Å²) in [5.74, 6) is 1.82. The van der Waals surface area contributed by atoms with E-state index < -0.39 is 0 Å². The van der Waals surface area contributed by atoms with Crippen LogP contribution in [-0.2, 0) is 6.42 Å². The topological polar surface area (TPSA) is 56.7 Å². The fourth-order valence-corrected chi connectivity index (χ4v) is 7.21. The molecule has 0 bridgehead atoms. The van der Waals surface area contributed by atoms with E-state index >= 15 is 0 Å². The van der Waals surface area contributed by atoms with E-state index in [9.17, 15) is 0 Å². The van der Waals surface area contributed by atoms with Crippen molar-refractivity contribution in [3.63, 3.8) is 0 Å². The molecule has 0 aliphatic heterocycles. The molecule has 0 N–H and O–H groups in total. The Morgan fingerprint density at radius 3 is 2.04 bits per heavy atom. The summed E-state index contributed by atoms with van der Waals surface area (Å²) >= 11 is 0. The number of rotatable bonds is 4. The molecule has 0 saturated carbocycles. The number of hydrogen-bond donors (Lipinski definition) is 0. The van der Waals surface area contributed by atoms with Crippen molar-refractivity contribution in [2.45, 2.75) is 12.8 Å². The lowest BCUT2D eigenvalue weighted by Gasteiger charge is -2.12. The Labute approximate surface area is 276 Å². The van der Waals surface area contributed by atoms with Gasteiger partial charge in [-0.25, -0.2) is 15.0 Å². The fourth-order valence-electron chi connectivity index (χ4n) is 7.21. The van der Waals surface area contributed by atoms with Crippen LogP contribution in [0.5, 0.6) is 0 Å². The smallest absolute Gasteiger partial charge is 0.167 e. The first-order chi connectivity index (χ1) is 23.8. The van der Waals surface area contributed by atoms with Crippen LogP contribution in [-0.4, -0.2) is 19.5 Å². The molecular weight excluding hydrogens is 589 g/mol. The molecule has 0 atom stereocenters. The van der Waals surface area contributed by atoms with Gasteiger partial charge in [0.25, 0.3) is 0 Å². The predicted octanol–water partition coefficient (Wildman–Crippen LogP) is 10.8. The maximum absolute atomic E-state index is 6.76. The average molecular weight is 617 g/mol. The summed E-state index contributed by atoms with van der Waals surface area (Å²) in [5, 5.41) is 4.62. The summed E-state index contributed by atoms with van der Waals surface area (Å²) in [6, 6.07) is 46.3. The normalized spacial score (nSPS) is 12.8. The van der Waals surface area contributed by atoms with Crippen molar-refractivity contribution in [2.24, 2.45) is 0 Å². The summed E-state index contributed by atoms with van der Waals surface area (Å²) < 4.78 is 9.12. The van der Waals surface area contributed by atoms with Gasteiger partial charge in [-0.05, 0) is 60.4 Å². The van der Waals surface area contributed by atoms with E-state index in [1.807, 2.05) is 66.7 Å². The number of fused-ring (bicyclic) bond motifs is 7. The standard InChI is InChI=1S/C43H28N4O/c1-3-12-27(13-4-1)41-44-42(28-14-5-2-6-15-28)46-43(45-41)35-20-11-19-34-33-23-22-31(26-39(33)48-40(34)35)47-37-21-10-9-18-32(37)36-24-29-16-7-8-17-30(29)25-38(36)47/h1-6,8-15,17-26H,7,16H2. The first-order valence-electron chi connectivity index (χ1n) is 16.3. The van der Waals surface area contributed by atoms with Crippen LogP contribution in [0.1, 0.15) is 17.5 Å². The van der Waals surface area contributed by atoms with E-state index in [4.69, 9.17) is 19.4 Å². The van der Waals surface area contributed by atoms with Crippen molar-refractivity contribution in [1.82, 2.24) is 19.5 Å². The number of hydrogen-bond acceptors (Lipinski definition) is 4. The van der Waals surface area contributed by atoms with Gasteiger partial charge in [0.15, 0.2) is 17.5 Å². The second kappa shape index (κ2) is 10.6. The van der Waals surface area contributed by atoms with Crippen LogP contribution in [0.15, 0.2) is 144 Å². The third-order valence-corrected chi connectivity index (χ3v) is 9.49. The second-order valence-electron chi connectivity index (χ2n) is 12.4. The molecule has 0 saturated heterocycles. The molecule has 5 nitrogen and oxygen atoms in total. The maximum atomic E-state index is 6.76. The summed E-state index contributed by atoms with van der Waals surface area (Å²) in [7, 11) is 0. The van der Waals surface area contributed by atoms with Crippen LogP contribution in [0, 0.1) is 0 Å². The number of allylic oxidation sites excluding steroid dienone is 1. The molecular formula is C43H28N4O. The lowest BCUT2D eigenvalue weighted by Crippen LogP contribution is -2.00. The van der Waals surface area contributed by atoms with Crippen molar-refractivity contribution in [2.75, 3.05) is 0 Å². The Bertz CT molecular complexity index is 2660. The van der Waals surface area contributed by atoms with Gasteiger partial charge in [0.05, 0.1) is 16.6 Å². The van der Waals surface area contributed by atoms with Crippen molar-refractivity contribution in [1.29, 1.82) is 0 Å². The molecule has 1 aliphatic carbocycles. The predicted molar refractivity (Wildman–Crippen MR) is 195 cm³/mol. The van der Waals surface area contributed by atoms with E-state index in [0.29, 0.717) is 17.5 Å². The van der Waals surface area contributed by atoms with Gasteiger partial charge >= 0.3 is 0 Å². The zero-order valence-corrected chi connectivity index (χ0v) is 26.0. The van der Waals surface area contributed by atoms with Crippen LogP contribution in [0.2, 0.25) is 0 Å². The maximum Gasteiger partial charge on any atom is 0.167 e. The van der Waals surface area contributed by atoms with Gasteiger partial charge in [-0.15, -0.1) is 0 Å². The largest absolute Gasteiger partial charge is 0.455 e. The second-order valence-corrected chi connectivity index (χ2v) is 12.4. The van der Waals surface area contributed by atoms with Crippen molar-refractivity contribution >= 4 is 49.8 Å². The highest BCUT2D eigenvalue weighted by atomic mass is 16.3. The van der Waals surface area contributed by atoms with Crippen LogP contribution in [0.4, 0.5) is 0 Å². The molecule has 0 fully saturated rings. The van der Waals surface area contributed by atoms with E-state index in [2.05, 4.69) is 83.4 Å². The SMILES string of the molecule is C1=Cc2cc3c(cc2CC1)c1ccccc1n3-c1ccc2c(c1)oc1c(-c3nc(-c4ccccc4)nc(-c4ccccc4)n3)cccc12. The first kappa shape index (κ1) is 26.8. The van der Waals surface area contributed by atoms with Gasteiger partial charge in [0, 0.05) is 44.4 Å². The monoisotopic (exact) mass is 616 g/mol. The quantitative estimate of drug-likeness (QED) is 0.197. The van der Waals surface area contributed by atoms with Crippen molar-refractivity contribution in [3.05, 3.63) is 151 Å². The van der Waals surface area contributed by atoms with Crippen LogP contribution in [0.25, 0.3) is 89.7 Å². The Morgan fingerprint density at radius 2 is 1.25 bits per heavy atom. The van der Waals surface area contributed by atoms with Gasteiger partial charge in [-0.3, -0.25) is 0 Å². The molecule has 0 unspecified atom stereocenters. The van der Waals surface area contributed by atoms with Crippen LogP contribution < -0.4 is 0 Å². The Morgan fingerprint density at radius 1 is 0.542 bits per heavy atom. The highest BCUT2D eigenvalue weighted by molar-refractivity contribution is 6.12. The molecule has 6 aromatic carbocycles. The molecule has 1 aliphatic rings. The zero-order chi connectivity index (χ0) is 31.6. The molecule has 0 spiro atoms. The van der Waals surface area contributed by atoms with E-state index in [1.165, 1.54) is 32.9 Å². The Balaban J connectivity index is 1.18. The van der Waals surface area contributed by atoms with Gasteiger partial charge in [-0.2, -0.15) is 0 Å². The number of para-hydroxylation sites is 2. The van der Waals surface area contributed by atoms with Crippen LogP contribution >= 0.6 is 0 Å². The zero-order valence-electron chi connectivity index (χ0n) is 26.0. The molecule has 0 amide bonds.